The number of rotatable bonds is 3. The van der Waals surface area contributed by atoms with E-state index >= 15 is 0 Å². The summed E-state index contributed by atoms with van der Waals surface area (Å²) in [6.45, 7) is 3.64. The number of ketones is 1. The van der Waals surface area contributed by atoms with Crippen LogP contribution in [0.25, 0.3) is 0 Å². The molecule has 1 aromatic heterocycles. The van der Waals surface area contributed by atoms with Gasteiger partial charge in [0, 0.05) is 13.3 Å². The number of piperidine rings is 1. The van der Waals surface area contributed by atoms with E-state index < -0.39 is 0 Å². The molecule has 4 nitrogen and oxygen atoms in total. The molecule has 0 spiro atoms. The molecule has 1 saturated heterocycles. The second-order valence-electron chi connectivity index (χ2n) is 4.07. The molecule has 4 heteroatoms. The molecule has 0 amide bonds. The Morgan fingerprint density at radius 3 is 2.93 bits per heavy atom. The van der Waals surface area contributed by atoms with Gasteiger partial charge in [-0.25, -0.2) is 4.98 Å². The zero-order valence-electron chi connectivity index (χ0n) is 8.95. The van der Waals surface area contributed by atoms with E-state index in [0.29, 0.717) is 17.6 Å². The fraction of sp³-hybridized carbons (Fsp3) is 0.636. The van der Waals surface area contributed by atoms with Gasteiger partial charge in [-0.2, -0.15) is 0 Å². The summed E-state index contributed by atoms with van der Waals surface area (Å²) in [5.41, 5.74) is 0. The van der Waals surface area contributed by atoms with Crippen LogP contribution >= 0.6 is 0 Å². The monoisotopic (exact) mass is 208 g/mol. The number of carbonyl (C=O) groups is 1. The Labute approximate surface area is 89.1 Å². The lowest BCUT2D eigenvalue weighted by Crippen LogP contribution is -2.28. The summed E-state index contributed by atoms with van der Waals surface area (Å²) < 4.78 is 5.37. The Kier molecular flexibility index (Phi) is 3.16. The predicted octanol–water partition coefficient (Wildman–Crippen LogP) is 1.42. The molecule has 0 bridgehead atoms. The first kappa shape index (κ1) is 10.4. The minimum Gasteiger partial charge on any atom is -0.438 e. The number of hydrogen-bond acceptors (Lipinski definition) is 4. The third-order valence-corrected chi connectivity index (χ3v) is 2.82. The van der Waals surface area contributed by atoms with Gasteiger partial charge in [-0.1, -0.05) is 0 Å². The van der Waals surface area contributed by atoms with E-state index in [1.807, 2.05) is 0 Å². The maximum Gasteiger partial charge on any atom is 0.196 e. The maximum atomic E-state index is 11.0. The molecule has 82 valence electrons. The highest BCUT2D eigenvalue weighted by Gasteiger charge is 2.17. The van der Waals surface area contributed by atoms with Crippen LogP contribution in [0, 0.1) is 5.92 Å². The van der Waals surface area contributed by atoms with E-state index in [9.17, 15) is 4.79 Å². The summed E-state index contributed by atoms with van der Waals surface area (Å²) in [5.74, 6) is 1.66. The van der Waals surface area contributed by atoms with Crippen LogP contribution in [0.1, 0.15) is 36.2 Å². The number of carbonyl (C=O) groups excluding carboxylic acids is 1. The Bertz CT molecular complexity index is 340. The van der Waals surface area contributed by atoms with Gasteiger partial charge < -0.3 is 9.73 Å². The van der Waals surface area contributed by atoms with Gasteiger partial charge in [0.1, 0.15) is 0 Å². The van der Waals surface area contributed by atoms with Crippen molar-refractivity contribution in [1.29, 1.82) is 0 Å². The number of nitrogens with zero attached hydrogens (tertiary/aromatic N) is 1. The summed E-state index contributed by atoms with van der Waals surface area (Å²) in [6.07, 6.45) is 4.71. The molecule has 15 heavy (non-hydrogen) atoms. The van der Waals surface area contributed by atoms with E-state index in [0.717, 1.165) is 32.4 Å². The Morgan fingerprint density at radius 2 is 2.33 bits per heavy atom. The van der Waals surface area contributed by atoms with Crippen molar-refractivity contribution < 1.29 is 9.21 Å². The van der Waals surface area contributed by atoms with Crippen molar-refractivity contribution in [2.75, 3.05) is 13.1 Å². The van der Waals surface area contributed by atoms with Crippen LogP contribution in [0.5, 0.6) is 0 Å². The smallest absolute Gasteiger partial charge is 0.196 e. The number of aromatic nitrogens is 1. The highest BCUT2D eigenvalue weighted by Crippen LogP contribution is 2.17. The van der Waals surface area contributed by atoms with Gasteiger partial charge >= 0.3 is 0 Å². The van der Waals surface area contributed by atoms with E-state index in [4.69, 9.17) is 4.42 Å². The highest BCUT2D eigenvalue weighted by molar-refractivity contribution is 5.90. The molecule has 1 fully saturated rings. The molecule has 1 N–H and O–H groups in total. The Balaban J connectivity index is 1.94. The van der Waals surface area contributed by atoms with E-state index in [1.165, 1.54) is 13.1 Å². The minimum atomic E-state index is -0.0564. The standard InChI is InChI=1S/C11H16N2O2/c1-8(14)10-7-13-11(15-10)6-9-2-4-12-5-3-9/h7,9,12H,2-6H2,1H3. The van der Waals surface area contributed by atoms with E-state index in [1.54, 1.807) is 0 Å². The zero-order valence-corrected chi connectivity index (χ0v) is 8.95. The molecule has 0 aromatic carbocycles. The highest BCUT2D eigenvalue weighted by atomic mass is 16.4. The van der Waals surface area contributed by atoms with Crippen LogP contribution in [0.4, 0.5) is 0 Å². The topological polar surface area (TPSA) is 55.1 Å². The number of Topliss-reactive ketones (excluding diaryl/α,β-unsaturated/α-hetero) is 1. The van der Waals surface area contributed by atoms with Crippen LogP contribution in [0.3, 0.4) is 0 Å². The molecular formula is C11H16N2O2. The van der Waals surface area contributed by atoms with Crippen molar-refractivity contribution in [3.05, 3.63) is 17.8 Å². The van der Waals surface area contributed by atoms with E-state index in [-0.39, 0.29) is 5.78 Å². The van der Waals surface area contributed by atoms with Gasteiger partial charge in [0.2, 0.25) is 0 Å². The van der Waals surface area contributed by atoms with Crippen LogP contribution in [-0.4, -0.2) is 23.9 Å². The van der Waals surface area contributed by atoms with Crippen LogP contribution in [0.15, 0.2) is 10.6 Å². The van der Waals surface area contributed by atoms with Crippen LogP contribution in [-0.2, 0) is 6.42 Å². The molecule has 0 saturated carbocycles. The average molecular weight is 208 g/mol. The van der Waals surface area contributed by atoms with Gasteiger partial charge in [-0.3, -0.25) is 4.79 Å². The largest absolute Gasteiger partial charge is 0.438 e. The first-order valence-corrected chi connectivity index (χ1v) is 5.42. The minimum absolute atomic E-state index is 0.0564. The lowest BCUT2D eigenvalue weighted by atomic mass is 9.95. The van der Waals surface area contributed by atoms with Gasteiger partial charge in [0.05, 0.1) is 6.20 Å². The maximum absolute atomic E-state index is 11.0. The van der Waals surface area contributed by atoms with Crippen LogP contribution in [0.2, 0.25) is 0 Å². The Hall–Kier alpha value is -1.16. The van der Waals surface area contributed by atoms with Crippen molar-refractivity contribution in [2.24, 2.45) is 5.92 Å². The van der Waals surface area contributed by atoms with Gasteiger partial charge in [0.15, 0.2) is 17.4 Å². The van der Waals surface area contributed by atoms with Crippen molar-refractivity contribution in [1.82, 2.24) is 10.3 Å². The normalized spacial score (nSPS) is 17.9. The average Bonchev–Trinajstić information content (AvgIpc) is 2.68. The van der Waals surface area contributed by atoms with Crippen LogP contribution < -0.4 is 5.32 Å². The fourth-order valence-electron chi connectivity index (χ4n) is 1.90. The molecular weight excluding hydrogens is 192 g/mol. The summed E-state index contributed by atoms with van der Waals surface area (Å²) in [4.78, 5) is 15.1. The zero-order chi connectivity index (χ0) is 10.7. The predicted molar refractivity (Wildman–Crippen MR) is 55.8 cm³/mol. The number of hydrogen-bond donors (Lipinski definition) is 1. The van der Waals surface area contributed by atoms with Crippen molar-refractivity contribution in [3.8, 4) is 0 Å². The summed E-state index contributed by atoms with van der Waals surface area (Å²) in [5, 5.41) is 3.32. The molecule has 0 aliphatic carbocycles. The summed E-state index contributed by atoms with van der Waals surface area (Å²) in [7, 11) is 0. The van der Waals surface area contributed by atoms with Gasteiger partial charge in [0.25, 0.3) is 0 Å². The molecule has 2 rings (SSSR count). The molecule has 2 heterocycles. The van der Waals surface area contributed by atoms with Crippen molar-refractivity contribution in [3.63, 3.8) is 0 Å². The second-order valence-corrected chi connectivity index (χ2v) is 4.07. The summed E-state index contributed by atoms with van der Waals surface area (Å²) >= 11 is 0. The van der Waals surface area contributed by atoms with E-state index in [2.05, 4.69) is 10.3 Å². The lowest BCUT2D eigenvalue weighted by Gasteiger charge is -2.20. The Morgan fingerprint density at radius 1 is 1.60 bits per heavy atom. The third-order valence-electron chi connectivity index (χ3n) is 2.82. The van der Waals surface area contributed by atoms with Gasteiger partial charge in [-0.15, -0.1) is 0 Å². The molecule has 1 aliphatic heterocycles. The number of oxazole rings is 1. The van der Waals surface area contributed by atoms with Crippen molar-refractivity contribution >= 4 is 5.78 Å². The fourth-order valence-corrected chi connectivity index (χ4v) is 1.90. The molecule has 0 atom stereocenters. The van der Waals surface area contributed by atoms with Crippen molar-refractivity contribution in [2.45, 2.75) is 26.2 Å². The lowest BCUT2D eigenvalue weighted by molar-refractivity contribution is 0.0985. The number of nitrogens with one attached hydrogen (secondary N) is 1. The second kappa shape index (κ2) is 4.57. The first-order chi connectivity index (χ1) is 7.25. The summed E-state index contributed by atoms with van der Waals surface area (Å²) in [6, 6.07) is 0. The first-order valence-electron chi connectivity index (χ1n) is 5.42. The third kappa shape index (κ3) is 2.65. The molecule has 0 unspecified atom stereocenters. The quantitative estimate of drug-likeness (QED) is 0.763. The molecule has 1 aromatic rings. The SMILES string of the molecule is CC(=O)c1cnc(CC2CCNCC2)o1. The molecule has 0 radical (unpaired) electrons. The van der Waals surface area contributed by atoms with Gasteiger partial charge in [-0.05, 0) is 31.8 Å². The molecule has 1 aliphatic rings.